The molecule has 2 heteroatoms. The Hall–Kier alpha value is -1.54. The first-order valence-electron chi connectivity index (χ1n) is 5.08. The van der Waals surface area contributed by atoms with Crippen LogP contribution >= 0.6 is 12.6 Å². The van der Waals surface area contributed by atoms with Gasteiger partial charge in [-0.15, -0.1) is 12.6 Å². The van der Waals surface area contributed by atoms with Crippen LogP contribution in [0.25, 0.3) is 0 Å². The summed E-state index contributed by atoms with van der Waals surface area (Å²) < 4.78 is 0. The maximum Gasteiger partial charge on any atom is 0.193 e. The molecule has 0 unspecified atom stereocenters. The first-order valence-corrected chi connectivity index (χ1v) is 5.52. The molecule has 0 spiro atoms. The fourth-order valence-electron chi connectivity index (χ4n) is 1.60. The summed E-state index contributed by atoms with van der Waals surface area (Å²) in [6.45, 7) is 1.94. The van der Waals surface area contributed by atoms with Crippen molar-refractivity contribution in [3.05, 3.63) is 65.2 Å². The van der Waals surface area contributed by atoms with Crippen LogP contribution < -0.4 is 0 Å². The summed E-state index contributed by atoms with van der Waals surface area (Å²) in [6, 6.07) is 14.9. The number of carbonyl (C=O) groups excluding carboxylic acids is 1. The molecule has 0 N–H and O–H groups in total. The van der Waals surface area contributed by atoms with E-state index in [0.717, 1.165) is 16.0 Å². The quantitative estimate of drug-likeness (QED) is 0.615. The average molecular weight is 228 g/mol. The summed E-state index contributed by atoms with van der Waals surface area (Å²) in [5.74, 6) is 0.0615. The molecule has 0 atom stereocenters. The lowest BCUT2D eigenvalue weighted by Crippen LogP contribution is -2.02. The lowest BCUT2D eigenvalue weighted by Gasteiger charge is -2.04. The molecule has 0 aliphatic heterocycles. The van der Waals surface area contributed by atoms with Crippen LogP contribution in [0.3, 0.4) is 0 Å². The zero-order chi connectivity index (χ0) is 11.5. The average Bonchev–Trinajstić information content (AvgIpc) is 2.30. The fraction of sp³-hybridized carbons (Fsp3) is 0.0714. The number of carbonyl (C=O) groups is 1. The van der Waals surface area contributed by atoms with E-state index in [9.17, 15) is 4.79 Å². The van der Waals surface area contributed by atoms with Gasteiger partial charge in [0.2, 0.25) is 0 Å². The van der Waals surface area contributed by atoms with Crippen molar-refractivity contribution in [2.45, 2.75) is 11.8 Å². The van der Waals surface area contributed by atoms with Crippen LogP contribution in [0.4, 0.5) is 0 Å². The summed E-state index contributed by atoms with van der Waals surface area (Å²) >= 11 is 4.20. The molecule has 2 aromatic rings. The molecule has 2 aromatic carbocycles. The minimum absolute atomic E-state index is 0.0615. The van der Waals surface area contributed by atoms with Gasteiger partial charge < -0.3 is 0 Å². The molecule has 0 fully saturated rings. The molecule has 16 heavy (non-hydrogen) atoms. The van der Waals surface area contributed by atoms with Gasteiger partial charge in [-0.3, -0.25) is 4.79 Å². The normalized spacial score (nSPS) is 10.1. The maximum atomic E-state index is 12.2. The summed E-state index contributed by atoms with van der Waals surface area (Å²) in [5, 5.41) is 0. The minimum atomic E-state index is 0.0615. The highest BCUT2D eigenvalue weighted by molar-refractivity contribution is 7.80. The van der Waals surface area contributed by atoms with Crippen molar-refractivity contribution >= 4 is 18.4 Å². The largest absolute Gasteiger partial charge is 0.289 e. The van der Waals surface area contributed by atoms with E-state index in [-0.39, 0.29) is 5.78 Å². The molecule has 0 aliphatic carbocycles. The van der Waals surface area contributed by atoms with Crippen LogP contribution in [0.2, 0.25) is 0 Å². The van der Waals surface area contributed by atoms with Crippen LogP contribution in [-0.4, -0.2) is 5.78 Å². The zero-order valence-corrected chi connectivity index (χ0v) is 9.87. The Morgan fingerprint density at radius 1 is 1.00 bits per heavy atom. The molecule has 0 aliphatic rings. The van der Waals surface area contributed by atoms with Gasteiger partial charge in [0, 0.05) is 16.0 Å². The molecule has 0 aromatic heterocycles. The Labute approximate surface area is 101 Å². The van der Waals surface area contributed by atoms with Crippen molar-refractivity contribution in [1.82, 2.24) is 0 Å². The zero-order valence-electron chi connectivity index (χ0n) is 8.97. The standard InChI is InChI=1S/C14H12OS/c1-10-4-2-3-5-13(10)14(15)11-6-8-12(16)9-7-11/h2-9,16H,1H3. The Balaban J connectivity index is 2.40. The molecule has 1 nitrogen and oxygen atoms in total. The van der Waals surface area contributed by atoms with E-state index in [1.54, 1.807) is 12.1 Å². The Morgan fingerprint density at radius 3 is 2.25 bits per heavy atom. The van der Waals surface area contributed by atoms with E-state index in [0.29, 0.717) is 5.56 Å². The number of hydrogen-bond donors (Lipinski definition) is 1. The van der Waals surface area contributed by atoms with Crippen LogP contribution in [0.5, 0.6) is 0 Å². The Kier molecular flexibility index (Phi) is 3.11. The van der Waals surface area contributed by atoms with Gasteiger partial charge in [-0.05, 0) is 36.8 Å². The van der Waals surface area contributed by atoms with Crippen molar-refractivity contribution in [1.29, 1.82) is 0 Å². The number of thiol groups is 1. The number of rotatable bonds is 2. The van der Waals surface area contributed by atoms with Gasteiger partial charge in [-0.25, -0.2) is 0 Å². The predicted molar refractivity (Wildman–Crippen MR) is 68.3 cm³/mol. The van der Waals surface area contributed by atoms with Crippen LogP contribution in [0.1, 0.15) is 21.5 Å². The van der Waals surface area contributed by atoms with Gasteiger partial charge in [0.25, 0.3) is 0 Å². The second kappa shape index (κ2) is 4.54. The van der Waals surface area contributed by atoms with E-state index in [4.69, 9.17) is 0 Å². The van der Waals surface area contributed by atoms with Gasteiger partial charge in [-0.1, -0.05) is 24.3 Å². The summed E-state index contributed by atoms with van der Waals surface area (Å²) in [6.07, 6.45) is 0. The molecule has 80 valence electrons. The smallest absolute Gasteiger partial charge is 0.193 e. The molecule has 0 amide bonds. The molecule has 0 bridgehead atoms. The van der Waals surface area contributed by atoms with Crippen molar-refractivity contribution in [2.75, 3.05) is 0 Å². The SMILES string of the molecule is Cc1ccccc1C(=O)c1ccc(S)cc1. The lowest BCUT2D eigenvalue weighted by molar-refractivity contribution is 0.103. The second-order valence-electron chi connectivity index (χ2n) is 3.69. The third kappa shape index (κ3) is 2.17. The van der Waals surface area contributed by atoms with Gasteiger partial charge in [0.15, 0.2) is 5.78 Å². The van der Waals surface area contributed by atoms with Crippen molar-refractivity contribution in [3.63, 3.8) is 0 Å². The lowest BCUT2D eigenvalue weighted by atomic mass is 9.99. The van der Waals surface area contributed by atoms with Crippen LogP contribution in [0, 0.1) is 6.92 Å². The third-order valence-electron chi connectivity index (χ3n) is 2.52. The fourth-order valence-corrected chi connectivity index (χ4v) is 1.75. The first-order chi connectivity index (χ1) is 7.68. The van der Waals surface area contributed by atoms with Crippen molar-refractivity contribution < 1.29 is 4.79 Å². The number of hydrogen-bond acceptors (Lipinski definition) is 2. The monoisotopic (exact) mass is 228 g/mol. The molecular weight excluding hydrogens is 216 g/mol. The van der Waals surface area contributed by atoms with Crippen LogP contribution in [-0.2, 0) is 0 Å². The van der Waals surface area contributed by atoms with Gasteiger partial charge in [0.05, 0.1) is 0 Å². The Bertz CT molecular complexity index is 515. The molecular formula is C14H12OS. The highest BCUT2D eigenvalue weighted by Gasteiger charge is 2.10. The molecule has 0 heterocycles. The highest BCUT2D eigenvalue weighted by atomic mass is 32.1. The van der Waals surface area contributed by atoms with Crippen LogP contribution in [0.15, 0.2) is 53.4 Å². The summed E-state index contributed by atoms with van der Waals surface area (Å²) in [4.78, 5) is 13.0. The summed E-state index contributed by atoms with van der Waals surface area (Å²) in [5.41, 5.74) is 2.46. The van der Waals surface area contributed by atoms with Crippen molar-refractivity contribution in [3.8, 4) is 0 Å². The van der Waals surface area contributed by atoms with E-state index >= 15 is 0 Å². The third-order valence-corrected chi connectivity index (χ3v) is 2.82. The van der Waals surface area contributed by atoms with Crippen molar-refractivity contribution in [2.24, 2.45) is 0 Å². The highest BCUT2D eigenvalue weighted by Crippen LogP contribution is 2.15. The number of ketones is 1. The van der Waals surface area contributed by atoms with Gasteiger partial charge >= 0.3 is 0 Å². The minimum Gasteiger partial charge on any atom is -0.289 e. The first kappa shape index (κ1) is 11.0. The Morgan fingerprint density at radius 2 is 1.62 bits per heavy atom. The summed E-state index contributed by atoms with van der Waals surface area (Å²) in [7, 11) is 0. The molecule has 0 saturated carbocycles. The second-order valence-corrected chi connectivity index (χ2v) is 4.21. The number of aryl methyl sites for hydroxylation is 1. The van der Waals surface area contributed by atoms with E-state index in [1.165, 1.54) is 0 Å². The van der Waals surface area contributed by atoms with E-state index < -0.39 is 0 Å². The van der Waals surface area contributed by atoms with E-state index in [1.807, 2.05) is 43.3 Å². The maximum absolute atomic E-state index is 12.2. The van der Waals surface area contributed by atoms with E-state index in [2.05, 4.69) is 12.6 Å². The number of benzene rings is 2. The molecule has 2 rings (SSSR count). The predicted octanol–water partition coefficient (Wildman–Crippen LogP) is 3.51. The molecule has 0 saturated heterocycles. The van der Waals surface area contributed by atoms with Gasteiger partial charge in [-0.2, -0.15) is 0 Å². The molecule has 0 radical (unpaired) electrons. The topological polar surface area (TPSA) is 17.1 Å². The van der Waals surface area contributed by atoms with Gasteiger partial charge in [0.1, 0.15) is 0 Å².